The lowest BCUT2D eigenvalue weighted by Crippen LogP contribution is -2.31. The van der Waals surface area contributed by atoms with Gasteiger partial charge in [0.05, 0.1) is 6.07 Å². The first-order valence-electron chi connectivity index (χ1n) is 5.33. The van der Waals surface area contributed by atoms with Gasteiger partial charge < -0.3 is 4.90 Å². The van der Waals surface area contributed by atoms with Crippen molar-refractivity contribution >= 4 is 11.3 Å². The Morgan fingerprint density at radius 2 is 2.40 bits per heavy atom. The summed E-state index contributed by atoms with van der Waals surface area (Å²) < 4.78 is 0. The highest BCUT2D eigenvalue weighted by Crippen LogP contribution is 2.13. The van der Waals surface area contributed by atoms with Crippen LogP contribution in [0.5, 0.6) is 0 Å². The quantitative estimate of drug-likeness (QED) is 0.692. The van der Waals surface area contributed by atoms with Crippen molar-refractivity contribution in [1.29, 1.82) is 5.26 Å². The van der Waals surface area contributed by atoms with Crippen molar-refractivity contribution in [1.82, 2.24) is 4.90 Å². The molecule has 0 spiro atoms. The second-order valence-corrected chi connectivity index (χ2v) is 4.91. The zero-order valence-electron chi connectivity index (χ0n) is 9.44. The van der Waals surface area contributed by atoms with Crippen LogP contribution in [0.1, 0.15) is 24.6 Å². The van der Waals surface area contributed by atoms with Crippen LogP contribution in [-0.4, -0.2) is 24.5 Å². The zero-order valence-corrected chi connectivity index (χ0v) is 10.3. The third-order valence-electron chi connectivity index (χ3n) is 2.63. The lowest BCUT2D eigenvalue weighted by molar-refractivity contribution is 0.255. The Balaban J connectivity index is 2.27. The molecule has 1 aromatic heterocycles. The second kappa shape index (κ2) is 6.60. The molecule has 0 amide bonds. The highest BCUT2D eigenvalue weighted by Gasteiger charge is 2.09. The molecule has 0 saturated carbocycles. The van der Waals surface area contributed by atoms with Gasteiger partial charge in [0.2, 0.25) is 0 Å². The van der Waals surface area contributed by atoms with Crippen molar-refractivity contribution in [2.24, 2.45) is 0 Å². The summed E-state index contributed by atoms with van der Waals surface area (Å²) in [4.78, 5) is 3.77. The maximum atomic E-state index is 8.46. The molecule has 0 aromatic carbocycles. The van der Waals surface area contributed by atoms with Gasteiger partial charge in [-0.3, -0.25) is 0 Å². The van der Waals surface area contributed by atoms with Crippen LogP contribution in [0, 0.1) is 11.3 Å². The van der Waals surface area contributed by atoms with Gasteiger partial charge in [-0.1, -0.05) is 6.07 Å². The minimum absolute atomic E-state index is 0.558. The van der Waals surface area contributed by atoms with Crippen LogP contribution in [0.15, 0.2) is 17.5 Å². The van der Waals surface area contributed by atoms with Gasteiger partial charge in [-0.2, -0.15) is 5.26 Å². The maximum absolute atomic E-state index is 8.46. The summed E-state index contributed by atoms with van der Waals surface area (Å²) in [7, 11) is 2.13. The number of rotatable bonds is 6. The fourth-order valence-electron chi connectivity index (χ4n) is 1.50. The van der Waals surface area contributed by atoms with E-state index in [9.17, 15) is 0 Å². The molecule has 3 heteroatoms. The molecule has 1 heterocycles. The van der Waals surface area contributed by atoms with Crippen molar-refractivity contribution < 1.29 is 0 Å². The molecular weight excluding hydrogens is 204 g/mol. The molecule has 1 atom stereocenters. The first-order chi connectivity index (χ1) is 7.24. The molecule has 0 radical (unpaired) electrons. The first kappa shape index (κ1) is 12.2. The van der Waals surface area contributed by atoms with Gasteiger partial charge in [0, 0.05) is 17.3 Å². The maximum Gasteiger partial charge on any atom is 0.0622 e. The average Bonchev–Trinajstić information content (AvgIpc) is 2.70. The van der Waals surface area contributed by atoms with E-state index in [2.05, 4.69) is 42.5 Å². The van der Waals surface area contributed by atoms with Gasteiger partial charge in [0.25, 0.3) is 0 Å². The fraction of sp³-hybridized carbons (Fsp3) is 0.583. The van der Waals surface area contributed by atoms with Crippen molar-refractivity contribution in [3.8, 4) is 6.07 Å². The van der Waals surface area contributed by atoms with Crippen LogP contribution in [0.3, 0.4) is 0 Å². The summed E-state index contributed by atoms with van der Waals surface area (Å²) in [6.07, 6.45) is 2.75. The van der Waals surface area contributed by atoms with E-state index in [-0.39, 0.29) is 0 Å². The van der Waals surface area contributed by atoms with Gasteiger partial charge in [-0.25, -0.2) is 0 Å². The van der Waals surface area contributed by atoms with Crippen LogP contribution < -0.4 is 0 Å². The Morgan fingerprint density at radius 3 is 3.00 bits per heavy atom. The molecule has 0 aliphatic carbocycles. The van der Waals surface area contributed by atoms with Crippen molar-refractivity contribution in [3.05, 3.63) is 22.4 Å². The Hall–Kier alpha value is -0.850. The lowest BCUT2D eigenvalue weighted by atomic mass is 10.1. The minimum Gasteiger partial charge on any atom is -0.303 e. The Morgan fingerprint density at radius 1 is 1.60 bits per heavy atom. The third kappa shape index (κ3) is 4.46. The van der Waals surface area contributed by atoms with Gasteiger partial charge in [-0.05, 0) is 44.8 Å². The molecular formula is C12H18N2S. The summed E-state index contributed by atoms with van der Waals surface area (Å²) in [5.41, 5.74) is 0. The number of hydrogen-bond donors (Lipinski definition) is 0. The molecule has 2 nitrogen and oxygen atoms in total. The number of likely N-dealkylation sites (N-methyl/N-ethyl adjacent to an activating group) is 1. The smallest absolute Gasteiger partial charge is 0.0622 e. The molecule has 0 fully saturated rings. The molecule has 1 aromatic rings. The molecule has 82 valence electrons. The van der Waals surface area contributed by atoms with E-state index < -0.39 is 0 Å². The van der Waals surface area contributed by atoms with E-state index in [1.807, 2.05) is 11.3 Å². The fourth-order valence-corrected chi connectivity index (χ4v) is 2.33. The summed E-state index contributed by atoms with van der Waals surface area (Å²) in [5.74, 6) is 0. The number of nitriles is 1. The summed E-state index contributed by atoms with van der Waals surface area (Å²) in [6.45, 7) is 3.26. The molecule has 0 N–H and O–H groups in total. The summed E-state index contributed by atoms with van der Waals surface area (Å²) >= 11 is 1.82. The van der Waals surface area contributed by atoms with Gasteiger partial charge in [-0.15, -0.1) is 11.3 Å². The predicted octanol–water partition coefficient (Wildman–Crippen LogP) is 2.91. The predicted molar refractivity (Wildman–Crippen MR) is 65.0 cm³/mol. The van der Waals surface area contributed by atoms with Gasteiger partial charge >= 0.3 is 0 Å². The first-order valence-corrected chi connectivity index (χ1v) is 6.21. The average molecular weight is 222 g/mol. The molecule has 1 rings (SSSR count). The molecule has 15 heavy (non-hydrogen) atoms. The summed E-state index contributed by atoms with van der Waals surface area (Å²) in [5, 5.41) is 10.6. The van der Waals surface area contributed by atoms with Crippen LogP contribution in [0.25, 0.3) is 0 Å². The molecule has 0 aliphatic rings. The van der Waals surface area contributed by atoms with Gasteiger partial charge in [0.1, 0.15) is 0 Å². The Labute approximate surface area is 96.1 Å². The standard InChI is InChI=1S/C12H18N2S/c1-11(10-12-6-5-9-15-12)14(2)8-4-3-7-13/h5-6,9,11H,3-4,8,10H2,1-2H3. The van der Waals surface area contributed by atoms with E-state index in [1.54, 1.807) is 0 Å². The van der Waals surface area contributed by atoms with Crippen LogP contribution in [-0.2, 0) is 6.42 Å². The highest BCUT2D eigenvalue weighted by molar-refractivity contribution is 7.09. The van der Waals surface area contributed by atoms with E-state index in [4.69, 9.17) is 5.26 Å². The third-order valence-corrected chi connectivity index (χ3v) is 3.53. The van der Waals surface area contributed by atoms with E-state index >= 15 is 0 Å². The molecule has 1 unspecified atom stereocenters. The monoisotopic (exact) mass is 222 g/mol. The molecule has 0 aliphatic heterocycles. The van der Waals surface area contributed by atoms with Gasteiger partial charge in [0.15, 0.2) is 0 Å². The Bertz CT molecular complexity index is 300. The van der Waals surface area contributed by atoms with E-state index in [0.29, 0.717) is 12.5 Å². The van der Waals surface area contributed by atoms with Crippen molar-refractivity contribution in [2.75, 3.05) is 13.6 Å². The summed E-state index contributed by atoms with van der Waals surface area (Å²) in [6, 6.07) is 7.03. The zero-order chi connectivity index (χ0) is 11.1. The normalized spacial score (nSPS) is 12.7. The van der Waals surface area contributed by atoms with E-state index in [1.165, 1.54) is 4.88 Å². The highest BCUT2D eigenvalue weighted by atomic mass is 32.1. The lowest BCUT2D eigenvalue weighted by Gasteiger charge is -2.23. The number of nitrogens with zero attached hydrogens (tertiary/aromatic N) is 2. The molecule has 0 saturated heterocycles. The van der Waals surface area contributed by atoms with Crippen molar-refractivity contribution in [2.45, 2.75) is 32.2 Å². The molecule has 0 bridgehead atoms. The van der Waals surface area contributed by atoms with E-state index in [0.717, 1.165) is 19.4 Å². The van der Waals surface area contributed by atoms with Crippen LogP contribution >= 0.6 is 11.3 Å². The minimum atomic E-state index is 0.558. The van der Waals surface area contributed by atoms with Crippen LogP contribution in [0.2, 0.25) is 0 Å². The number of unbranched alkanes of at least 4 members (excludes halogenated alkanes) is 1. The second-order valence-electron chi connectivity index (χ2n) is 3.87. The number of thiophene rings is 1. The van der Waals surface area contributed by atoms with Crippen LogP contribution in [0.4, 0.5) is 0 Å². The Kier molecular flexibility index (Phi) is 5.38. The largest absolute Gasteiger partial charge is 0.303 e. The SMILES string of the molecule is CC(Cc1cccs1)N(C)CCCC#N. The number of hydrogen-bond acceptors (Lipinski definition) is 3. The topological polar surface area (TPSA) is 27.0 Å². The van der Waals surface area contributed by atoms with Crippen molar-refractivity contribution in [3.63, 3.8) is 0 Å².